The summed E-state index contributed by atoms with van der Waals surface area (Å²) in [5.74, 6) is 0.799. The van der Waals surface area contributed by atoms with Gasteiger partial charge in [0.05, 0.1) is 17.4 Å². The lowest BCUT2D eigenvalue weighted by Gasteiger charge is -2.25. The number of hydrogen-bond donors (Lipinski definition) is 2. The van der Waals surface area contributed by atoms with Crippen molar-refractivity contribution in [2.75, 3.05) is 10.2 Å². The van der Waals surface area contributed by atoms with E-state index in [0.717, 1.165) is 16.5 Å². The molecular weight excluding hydrogens is 370 g/mol. The van der Waals surface area contributed by atoms with Crippen LogP contribution in [0, 0.1) is 0 Å². The second kappa shape index (κ2) is 7.67. The first-order valence-electron chi connectivity index (χ1n) is 9.26. The molecular formula is C21H19N5O3. The van der Waals surface area contributed by atoms with Crippen molar-refractivity contribution in [1.29, 1.82) is 0 Å². The highest BCUT2D eigenvalue weighted by Gasteiger charge is 2.34. The number of imide groups is 1. The fourth-order valence-electron chi connectivity index (χ4n) is 3.59. The van der Waals surface area contributed by atoms with E-state index < -0.39 is 0 Å². The van der Waals surface area contributed by atoms with Crippen LogP contribution in [0.2, 0.25) is 0 Å². The number of carbonyl (C=O) groups is 3. The number of benzene rings is 1. The number of rotatable bonds is 7. The van der Waals surface area contributed by atoms with Gasteiger partial charge in [0.25, 0.3) is 5.91 Å². The lowest BCUT2D eigenvalue weighted by molar-refractivity contribution is -0.125. The molecule has 0 aliphatic carbocycles. The van der Waals surface area contributed by atoms with Crippen LogP contribution in [-0.4, -0.2) is 34.2 Å². The Morgan fingerprint density at radius 2 is 2.07 bits per heavy atom. The maximum absolute atomic E-state index is 13.1. The Bertz CT molecular complexity index is 1100. The molecule has 2 N–H and O–H groups in total. The van der Waals surface area contributed by atoms with E-state index in [1.165, 1.54) is 0 Å². The first kappa shape index (κ1) is 18.5. The molecule has 0 bridgehead atoms. The molecule has 1 aliphatic heterocycles. The van der Waals surface area contributed by atoms with E-state index in [-0.39, 0.29) is 24.3 Å². The third-order valence-electron chi connectivity index (χ3n) is 4.96. The zero-order valence-corrected chi connectivity index (χ0v) is 15.8. The van der Waals surface area contributed by atoms with Crippen LogP contribution in [-0.2, 0) is 9.59 Å². The zero-order chi connectivity index (χ0) is 20.4. The first-order chi connectivity index (χ1) is 14.1. The smallest absolute Gasteiger partial charge is 0.259 e. The van der Waals surface area contributed by atoms with Gasteiger partial charge in [0.1, 0.15) is 11.6 Å². The average molecular weight is 389 g/mol. The Hall–Kier alpha value is -3.81. The van der Waals surface area contributed by atoms with E-state index in [4.69, 9.17) is 0 Å². The number of hydrogen-bond acceptors (Lipinski definition) is 6. The lowest BCUT2D eigenvalue weighted by atomic mass is 10.1. The van der Waals surface area contributed by atoms with Crippen LogP contribution in [0.15, 0.2) is 48.8 Å². The van der Waals surface area contributed by atoms with E-state index in [1.807, 2.05) is 37.3 Å². The number of pyridine rings is 2. The zero-order valence-electron chi connectivity index (χ0n) is 15.8. The molecule has 2 aromatic heterocycles. The van der Waals surface area contributed by atoms with E-state index in [0.29, 0.717) is 30.0 Å². The summed E-state index contributed by atoms with van der Waals surface area (Å²) in [6.07, 6.45) is 4.30. The highest BCUT2D eigenvalue weighted by atomic mass is 16.2. The Morgan fingerprint density at radius 3 is 2.83 bits per heavy atom. The predicted molar refractivity (Wildman–Crippen MR) is 109 cm³/mol. The number of anilines is 3. The minimum atomic E-state index is -0.366. The third-order valence-corrected chi connectivity index (χ3v) is 4.96. The van der Waals surface area contributed by atoms with Crippen LogP contribution in [0.4, 0.5) is 17.3 Å². The van der Waals surface area contributed by atoms with Gasteiger partial charge in [-0.15, -0.1) is 0 Å². The molecule has 1 aromatic carbocycles. The average Bonchev–Trinajstić information content (AvgIpc) is 3.03. The predicted octanol–water partition coefficient (Wildman–Crippen LogP) is 2.77. The molecule has 3 aromatic rings. The highest BCUT2D eigenvalue weighted by molar-refractivity contribution is 6.26. The third kappa shape index (κ3) is 3.40. The second-order valence-corrected chi connectivity index (χ2v) is 6.81. The molecule has 4 rings (SSSR count). The molecule has 146 valence electrons. The Kier molecular flexibility index (Phi) is 4.90. The van der Waals surface area contributed by atoms with E-state index >= 15 is 0 Å². The van der Waals surface area contributed by atoms with Crippen LogP contribution >= 0.6 is 0 Å². The molecule has 29 heavy (non-hydrogen) atoms. The van der Waals surface area contributed by atoms with Gasteiger partial charge in [-0.25, -0.2) is 9.97 Å². The number of nitrogens with one attached hydrogen (secondary N) is 2. The van der Waals surface area contributed by atoms with Crippen LogP contribution in [0.25, 0.3) is 10.8 Å². The summed E-state index contributed by atoms with van der Waals surface area (Å²) in [5, 5.41) is 6.98. The second-order valence-electron chi connectivity index (χ2n) is 6.81. The van der Waals surface area contributed by atoms with Crippen molar-refractivity contribution in [1.82, 2.24) is 15.3 Å². The van der Waals surface area contributed by atoms with E-state index in [9.17, 15) is 14.4 Å². The molecule has 0 saturated carbocycles. The maximum atomic E-state index is 13.1. The minimum Gasteiger partial charge on any atom is -0.324 e. The molecule has 0 radical (unpaired) electrons. The summed E-state index contributed by atoms with van der Waals surface area (Å²) >= 11 is 0. The van der Waals surface area contributed by atoms with Crippen molar-refractivity contribution in [2.24, 2.45) is 0 Å². The van der Waals surface area contributed by atoms with Gasteiger partial charge in [0.2, 0.25) is 12.3 Å². The summed E-state index contributed by atoms with van der Waals surface area (Å²) in [4.78, 5) is 45.5. The first-order valence-corrected chi connectivity index (χ1v) is 9.26. The Labute approximate surface area is 167 Å². The van der Waals surface area contributed by atoms with Crippen molar-refractivity contribution < 1.29 is 14.4 Å². The van der Waals surface area contributed by atoms with Gasteiger partial charge in [0.15, 0.2) is 0 Å². The molecule has 8 nitrogen and oxygen atoms in total. The number of aromatic nitrogens is 2. The molecule has 0 fully saturated rings. The topological polar surface area (TPSA) is 104 Å². The number of amides is 3. The lowest BCUT2D eigenvalue weighted by Crippen LogP contribution is -2.36. The van der Waals surface area contributed by atoms with Crippen LogP contribution in [0.1, 0.15) is 30.1 Å². The summed E-state index contributed by atoms with van der Waals surface area (Å²) < 4.78 is 0. The fraction of sp³-hybridized carbons (Fsp3) is 0.190. The van der Waals surface area contributed by atoms with Crippen molar-refractivity contribution in [2.45, 2.75) is 25.8 Å². The van der Waals surface area contributed by atoms with Gasteiger partial charge in [-0.05, 0) is 31.5 Å². The van der Waals surface area contributed by atoms with Gasteiger partial charge < -0.3 is 10.2 Å². The fourth-order valence-corrected chi connectivity index (χ4v) is 3.59. The van der Waals surface area contributed by atoms with Crippen molar-refractivity contribution in [3.63, 3.8) is 0 Å². The monoisotopic (exact) mass is 389 g/mol. The summed E-state index contributed by atoms with van der Waals surface area (Å²) in [5.41, 5.74) is 1.32. The molecule has 0 saturated heterocycles. The van der Waals surface area contributed by atoms with Gasteiger partial charge >= 0.3 is 0 Å². The molecule has 8 heteroatoms. The number of carbonyl (C=O) groups excluding carboxylic acids is 3. The maximum Gasteiger partial charge on any atom is 0.259 e. The number of nitrogens with zero attached hydrogens (tertiary/aromatic N) is 3. The van der Waals surface area contributed by atoms with Gasteiger partial charge in [-0.2, -0.15) is 0 Å². The Balaban J connectivity index is 1.67. The molecule has 1 unspecified atom stereocenters. The standard InChI is InChI=1S/C21H19N5O3/c1-13(8-9-18(28)24-12-27)26-16-11-23-20(25-17-7-2-3-10-22-17)14-5-4-6-15(19(14)16)21(26)29/h2-7,10-13H,8-9H2,1H3,(H,22,23,25)(H,24,27,28). The molecule has 3 heterocycles. The Morgan fingerprint density at radius 1 is 1.21 bits per heavy atom. The van der Waals surface area contributed by atoms with Crippen molar-refractivity contribution >= 4 is 46.3 Å². The van der Waals surface area contributed by atoms with Crippen molar-refractivity contribution in [3.05, 3.63) is 54.4 Å². The van der Waals surface area contributed by atoms with Gasteiger partial charge in [-0.1, -0.05) is 18.2 Å². The molecule has 1 aliphatic rings. The van der Waals surface area contributed by atoms with E-state index in [2.05, 4.69) is 20.6 Å². The van der Waals surface area contributed by atoms with Crippen LogP contribution < -0.4 is 15.5 Å². The molecule has 0 spiro atoms. The van der Waals surface area contributed by atoms with E-state index in [1.54, 1.807) is 23.4 Å². The highest BCUT2D eigenvalue weighted by Crippen LogP contribution is 2.41. The SMILES string of the molecule is CC(CCC(=O)NC=O)N1C(=O)c2cccc3c(Nc4ccccn4)ncc1c23. The van der Waals surface area contributed by atoms with Gasteiger partial charge in [-0.3, -0.25) is 19.7 Å². The quantitative estimate of drug-likeness (QED) is 0.602. The van der Waals surface area contributed by atoms with Crippen LogP contribution in [0.3, 0.4) is 0 Å². The normalized spacial score (nSPS) is 13.4. The van der Waals surface area contributed by atoms with Crippen LogP contribution in [0.5, 0.6) is 0 Å². The molecule has 3 amide bonds. The van der Waals surface area contributed by atoms with Crippen molar-refractivity contribution in [3.8, 4) is 0 Å². The summed E-state index contributed by atoms with van der Waals surface area (Å²) in [7, 11) is 0. The van der Waals surface area contributed by atoms with Gasteiger partial charge in [0, 0.05) is 29.4 Å². The summed E-state index contributed by atoms with van der Waals surface area (Å²) in [6.45, 7) is 1.88. The minimum absolute atomic E-state index is 0.120. The summed E-state index contributed by atoms with van der Waals surface area (Å²) in [6, 6.07) is 10.9. The largest absolute Gasteiger partial charge is 0.324 e. The molecule has 1 atom stereocenters.